The zero-order valence-electron chi connectivity index (χ0n) is 9.57. The Kier molecular flexibility index (Phi) is 4.74. The van der Waals surface area contributed by atoms with E-state index in [4.69, 9.17) is 5.73 Å². The van der Waals surface area contributed by atoms with Gasteiger partial charge in [-0.05, 0) is 64.8 Å². The molecular weight excluding hydrogens is 315 g/mol. The maximum atomic E-state index is 13.2. The Morgan fingerprint density at radius 1 is 1.33 bits per heavy atom. The smallest absolute Gasteiger partial charge is 0.123 e. The van der Waals surface area contributed by atoms with Gasteiger partial charge in [-0.15, -0.1) is 0 Å². The number of hydrogen-bond acceptors (Lipinski definition) is 3. The van der Waals surface area contributed by atoms with Crippen LogP contribution in [-0.2, 0) is 6.42 Å². The Balaban J connectivity index is 2.31. The van der Waals surface area contributed by atoms with Crippen LogP contribution in [0.5, 0.6) is 0 Å². The second-order valence-corrected chi connectivity index (χ2v) is 5.57. The molecule has 0 amide bonds. The minimum atomic E-state index is -0.233. The van der Waals surface area contributed by atoms with Crippen molar-refractivity contribution in [3.63, 3.8) is 0 Å². The highest BCUT2D eigenvalue weighted by molar-refractivity contribution is 9.10. The number of halogens is 2. The van der Waals surface area contributed by atoms with E-state index in [1.54, 1.807) is 12.3 Å². The number of aromatic nitrogens is 1. The summed E-state index contributed by atoms with van der Waals surface area (Å²) >= 11 is 4.96. The van der Waals surface area contributed by atoms with Crippen LogP contribution in [0.4, 0.5) is 4.39 Å². The fourth-order valence-corrected chi connectivity index (χ4v) is 2.96. The summed E-state index contributed by atoms with van der Waals surface area (Å²) in [5, 5.41) is 0.863. The first kappa shape index (κ1) is 13.5. The molecule has 94 valence electrons. The van der Waals surface area contributed by atoms with Crippen LogP contribution in [-0.4, -0.2) is 11.5 Å². The van der Waals surface area contributed by atoms with Crippen LogP contribution in [0.2, 0.25) is 0 Å². The van der Waals surface area contributed by atoms with Gasteiger partial charge >= 0.3 is 0 Å². The largest absolute Gasteiger partial charge is 0.330 e. The van der Waals surface area contributed by atoms with Gasteiger partial charge in [0.1, 0.15) is 10.8 Å². The molecular formula is C13H12BrFN2S. The summed E-state index contributed by atoms with van der Waals surface area (Å²) in [6.45, 7) is 0.500. The second-order valence-electron chi connectivity index (χ2n) is 3.68. The molecule has 0 saturated carbocycles. The van der Waals surface area contributed by atoms with Gasteiger partial charge in [-0.2, -0.15) is 0 Å². The van der Waals surface area contributed by atoms with Crippen LogP contribution in [0.15, 0.2) is 50.9 Å². The minimum absolute atomic E-state index is 0.233. The van der Waals surface area contributed by atoms with E-state index in [-0.39, 0.29) is 5.82 Å². The van der Waals surface area contributed by atoms with Gasteiger partial charge in [-0.3, -0.25) is 0 Å². The molecule has 0 bridgehead atoms. The first-order valence-electron chi connectivity index (χ1n) is 5.47. The molecule has 0 radical (unpaired) electrons. The fraction of sp³-hybridized carbons (Fsp3) is 0.154. The molecule has 0 aliphatic carbocycles. The van der Waals surface area contributed by atoms with E-state index in [0.29, 0.717) is 13.0 Å². The predicted molar refractivity (Wildman–Crippen MR) is 75.2 cm³/mol. The van der Waals surface area contributed by atoms with E-state index in [9.17, 15) is 4.39 Å². The SMILES string of the molecule is NCCc1cc(F)ccc1Sc1ncccc1Br. The van der Waals surface area contributed by atoms with Gasteiger partial charge in [0.15, 0.2) is 0 Å². The zero-order valence-corrected chi connectivity index (χ0v) is 12.0. The molecule has 1 aromatic heterocycles. The zero-order chi connectivity index (χ0) is 13.0. The lowest BCUT2D eigenvalue weighted by atomic mass is 10.1. The van der Waals surface area contributed by atoms with E-state index in [0.717, 1.165) is 20.0 Å². The molecule has 0 atom stereocenters. The number of benzene rings is 1. The number of nitrogens with zero attached hydrogens (tertiary/aromatic N) is 1. The Morgan fingerprint density at radius 3 is 2.89 bits per heavy atom. The minimum Gasteiger partial charge on any atom is -0.330 e. The molecule has 1 aromatic carbocycles. The first-order chi connectivity index (χ1) is 8.70. The number of pyridine rings is 1. The molecule has 0 aliphatic rings. The summed E-state index contributed by atoms with van der Waals surface area (Å²) in [5.74, 6) is -0.233. The molecule has 0 aliphatic heterocycles. The average molecular weight is 327 g/mol. The monoisotopic (exact) mass is 326 g/mol. The van der Waals surface area contributed by atoms with Gasteiger partial charge in [0, 0.05) is 11.1 Å². The topological polar surface area (TPSA) is 38.9 Å². The predicted octanol–water partition coefficient (Wildman–Crippen LogP) is 3.64. The highest BCUT2D eigenvalue weighted by Crippen LogP contribution is 2.33. The van der Waals surface area contributed by atoms with Gasteiger partial charge in [-0.1, -0.05) is 11.8 Å². The normalized spacial score (nSPS) is 10.6. The van der Waals surface area contributed by atoms with Gasteiger partial charge in [0.25, 0.3) is 0 Å². The standard InChI is InChI=1S/C13H12BrFN2S/c14-11-2-1-7-17-13(11)18-12-4-3-10(15)8-9(12)5-6-16/h1-4,7-8H,5-6,16H2. The molecule has 2 nitrogen and oxygen atoms in total. The highest BCUT2D eigenvalue weighted by Gasteiger charge is 2.08. The molecule has 5 heteroatoms. The summed E-state index contributed by atoms with van der Waals surface area (Å²) in [4.78, 5) is 5.28. The number of rotatable bonds is 4. The Hall–Kier alpha value is -0.910. The van der Waals surface area contributed by atoms with Gasteiger partial charge in [0.2, 0.25) is 0 Å². The van der Waals surface area contributed by atoms with E-state index in [1.165, 1.54) is 23.9 Å². The summed E-state index contributed by atoms with van der Waals surface area (Å²) in [5.41, 5.74) is 6.46. The number of nitrogens with two attached hydrogens (primary N) is 1. The van der Waals surface area contributed by atoms with Crippen LogP contribution in [0, 0.1) is 5.82 Å². The lowest BCUT2D eigenvalue weighted by Gasteiger charge is -2.09. The van der Waals surface area contributed by atoms with E-state index < -0.39 is 0 Å². The van der Waals surface area contributed by atoms with Crippen molar-refractivity contribution in [2.24, 2.45) is 5.73 Å². The average Bonchev–Trinajstić information content (AvgIpc) is 2.35. The third-order valence-electron chi connectivity index (χ3n) is 2.37. The summed E-state index contributed by atoms with van der Waals surface area (Å²) in [6.07, 6.45) is 2.39. The molecule has 0 fully saturated rings. The van der Waals surface area contributed by atoms with Crippen LogP contribution >= 0.6 is 27.7 Å². The van der Waals surface area contributed by atoms with Crippen LogP contribution in [0.25, 0.3) is 0 Å². The van der Waals surface area contributed by atoms with Crippen molar-refractivity contribution in [1.29, 1.82) is 0 Å². The highest BCUT2D eigenvalue weighted by atomic mass is 79.9. The van der Waals surface area contributed by atoms with Gasteiger partial charge < -0.3 is 5.73 Å². The summed E-state index contributed by atoms with van der Waals surface area (Å²) < 4.78 is 14.1. The molecule has 2 aromatic rings. The van der Waals surface area contributed by atoms with Crippen LogP contribution < -0.4 is 5.73 Å². The van der Waals surface area contributed by atoms with Crippen molar-refractivity contribution < 1.29 is 4.39 Å². The molecule has 1 heterocycles. The van der Waals surface area contributed by atoms with E-state index in [2.05, 4.69) is 20.9 Å². The fourth-order valence-electron chi connectivity index (χ4n) is 1.55. The van der Waals surface area contributed by atoms with Crippen molar-refractivity contribution in [3.8, 4) is 0 Å². The maximum Gasteiger partial charge on any atom is 0.123 e. The first-order valence-corrected chi connectivity index (χ1v) is 7.08. The third-order valence-corrected chi connectivity index (χ3v) is 4.41. The molecule has 18 heavy (non-hydrogen) atoms. The molecule has 2 N–H and O–H groups in total. The van der Waals surface area contributed by atoms with Crippen molar-refractivity contribution in [2.45, 2.75) is 16.3 Å². The van der Waals surface area contributed by atoms with Crippen molar-refractivity contribution in [1.82, 2.24) is 4.98 Å². The van der Waals surface area contributed by atoms with Crippen molar-refractivity contribution in [3.05, 3.63) is 52.4 Å². The van der Waals surface area contributed by atoms with Gasteiger partial charge in [-0.25, -0.2) is 9.37 Å². The van der Waals surface area contributed by atoms with Crippen LogP contribution in [0.3, 0.4) is 0 Å². The molecule has 2 rings (SSSR count). The van der Waals surface area contributed by atoms with Crippen LogP contribution in [0.1, 0.15) is 5.56 Å². The Bertz CT molecular complexity index is 548. The Labute approximate surface area is 118 Å². The maximum absolute atomic E-state index is 13.2. The summed E-state index contributed by atoms with van der Waals surface area (Å²) in [7, 11) is 0. The lowest BCUT2D eigenvalue weighted by Crippen LogP contribution is -2.04. The molecule has 0 unspecified atom stereocenters. The molecule has 0 spiro atoms. The Morgan fingerprint density at radius 2 is 2.17 bits per heavy atom. The third kappa shape index (κ3) is 3.31. The van der Waals surface area contributed by atoms with Crippen molar-refractivity contribution in [2.75, 3.05) is 6.54 Å². The quantitative estimate of drug-likeness (QED) is 0.932. The van der Waals surface area contributed by atoms with E-state index in [1.807, 2.05) is 12.1 Å². The van der Waals surface area contributed by atoms with Crippen molar-refractivity contribution >= 4 is 27.7 Å². The lowest BCUT2D eigenvalue weighted by molar-refractivity contribution is 0.623. The second kappa shape index (κ2) is 6.31. The summed E-state index contributed by atoms with van der Waals surface area (Å²) in [6, 6.07) is 8.55. The number of hydrogen-bond donors (Lipinski definition) is 1. The van der Waals surface area contributed by atoms with E-state index >= 15 is 0 Å². The molecule has 0 saturated heterocycles. The van der Waals surface area contributed by atoms with Gasteiger partial charge in [0.05, 0.1) is 4.47 Å².